The second-order valence-electron chi connectivity index (χ2n) is 3.18. The molecular weight excluding hydrogens is 226 g/mol. The van der Waals surface area contributed by atoms with Crippen LogP contribution in [0.4, 0.5) is 0 Å². The second kappa shape index (κ2) is 5.65. The van der Waals surface area contributed by atoms with Gasteiger partial charge >= 0.3 is 0 Å². The maximum absolute atomic E-state index is 10.9. The summed E-state index contributed by atoms with van der Waals surface area (Å²) in [5.74, 6) is 0.975. The number of primary amides is 1. The molecule has 0 saturated carbocycles. The highest BCUT2D eigenvalue weighted by Crippen LogP contribution is 2.33. The predicted molar refractivity (Wildman–Crippen MR) is 64.1 cm³/mol. The lowest BCUT2D eigenvalue weighted by Gasteiger charge is -2.11. The van der Waals surface area contributed by atoms with Gasteiger partial charge in [0.1, 0.15) is 0 Å². The molecule has 0 heterocycles. The van der Waals surface area contributed by atoms with E-state index in [2.05, 4.69) is 0 Å². The Morgan fingerprint density at radius 1 is 1.31 bits per heavy atom. The van der Waals surface area contributed by atoms with E-state index in [1.165, 1.54) is 11.8 Å². The Morgan fingerprint density at radius 2 is 1.94 bits per heavy atom. The highest BCUT2D eigenvalue weighted by atomic mass is 32.2. The van der Waals surface area contributed by atoms with Crippen LogP contribution in [0, 0.1) is 0 Å². The van der Waals surface area contributed by atoms with Crippen molar-refractivity contribution < 1.29 is 14.3 Å². The lowest BCUT2D eigenvalue weighted by molar-refractivity contribution is -0.117. The summed E-state index contributed by atoms with van der Waals surface area (Å²) in [4.78, 5) is 11.8. The summed E-state index contributed by atoms with van der Waals surface area (Å²) in [5.41, 5.74) is 5.19. The highest BCUT2D eigenvalue weighted by molar-refractivity contribution is 8.00. The molecule has 0 spiro atoms. The summed E-state index contributed by atoms with van der Waals surface area (Å²) in [7, 11) is 3.15. The number of carbonyl (C=O) groups is 1. The Balaban J connectivity index is 2.86. The van der Waals surface area contributed by atoms with E-state index in [-0.39, 0.29) is 11.2 Å². The Labute approximate surface area is 99.1 Å². The van der Waals surface area contributed by atoms with E-state index in [4.69, 9.17) is 15.2 Å². The van der Waals surface area contributed by atoms with Crippen molar-refractivity contribution in [1.82, 2.24) is 0 Å². The van der Waals surface area contributed by atoms with Crippen molar-refractivity contribution in [2.75, 3.05) is 14.2 Å². The Morgan fingerprint density at radius 3 is 2.44 bits per heavy atom. The lowest BCUT2D eigenvalue weighted by atomic mass is 10.3. The number of methoxy groups -OCH3 is 2. The summed E-state index contributed by atoms with van der Waals surface area (Å²) < 4.78 is 10.3. The minimum atomic E-state index is -0.334. The van der Waals surface area contributed by atoms with Gasteiger partial charge in [0.2, 0.25) is 5.91 Å². The predicted octanol–water partition coefficient (Wildman–Crippen LogP) is 1.67. The summed E-state index contributed by atoms with van der Waals surface area (Å²) in [6, 6.07) is 5.49. The van der Waals surface area contributed by atoms with E-state index in [1.54, 1.807) is 27.2 Å². The van der Waals surface area contributed by atoms with Crippen LogP contribution >= 0.6 is 11.8 Å². The number of hydrogen-bond acceptors (Lipinski definition) is 4. The van der Waals surface area contributed by atoms with Gasteiger partial charge in [-0.25, -0.2) is 0 Å². The fourth-order valence-corrected chi connectivity index (χ4v) is 2.00. The molecule has 1 aromatic rings. The zero-order valence-corrected chi connectivity index (χ0v) is 10.3. The van der Waals surface area contributed by atoms with Crippen LogP contribution in [0.25, 0.3) is 0 Å². The van der Waals surface area contributed by atoms with Crippen molar-refractivity contribution in [3.05, 3.63) is 18.2 Å². The summed E-state index contributed by atoms with van der Waals surface area (Å²) in [6.45, 7) is 1.77. The molecule has 1 atom stereocenters. The van der Waals surface area contributed by atoms with Crippen molar-refractivity contribution in [3.63, 3.8) is 0 Å². The molecule has 1 rings (SSSR count). The molecule has 0 unspecified atom stereocenters. The second-order valence-corrected chi connectivity index (χ2v) is 4.59. The lowest BCUT2D eigenvalue weighted by Crippen LogP contribution is -2.22. The van der Waals surface area contributed by atoms with E-state index < -0.39 is 0 Å². The zero-order chi connectivity index (χ0) is 12.1. The van der Waals surface area contributed by atoms with Crippen LogP contribution in [-0.4, -0.2) is 25.4 Å². The third kappa shape index (κ3) is 3.06. The first-order valence-corrected chi connectivity index (χ1v) is 5.64. The van der Waals surface area contributed by atoms with Gasteiger partial charge in [-0.3, -0.25) is 4.79 Å². The van der Waals surface area contributed by atoms with Gasteiger partial charge in [-0.05, 0) is 25.1 Å². The molecule has 0 saturated heterocycles. The number of ether oxygens (including phenoxy) is 2. The first kappa shape index (κ1) is 12.7. The number of nitrogens with two attached hydrogens (primary N) is 1. The Hall–Kier alpha value is -1.36. The van der Waals surface area contributed by atoms with Gasteiger partial charge in [0.15, 0.2) is 11.5 Å². The average molecular weight is 241 g/mol. The van der Waals surface area contributed by atoms with Crippen LogP contribution in [0.2, 0.25) is 0 Å². The maximum Gasteiger partial charge on any atom is 0.230 e. The van der Waals surface area contributed by atoms with Crippen molar-refractivity contribution >= 4 is 17.7 Å². The number of amides is 1. The van der Waals surface area contributed by atoms with Crippen LogP contribution in [0.3, 0.4) is 0 Å². The summed E-state index contributed by atoms with van der Waals surface area (Å²) in [6.07, 6.45) is 0. The number of carbonyl (C=O) groups excluding carboxylic acids is 1. The van der Waals surface area contributed by atoms with Crippen LogP contribution < -0.4 is 15.2 Å². The molecule has 0 radical (unpaired) electrons. The van der Waals surface area contributed by atoms with E-state index >= 15 is 0 Å². The van der Waals surface area contributed by atoms with Crippen LogP contribution in [0.15, 0.2) is 23.1 Å². The molecule has 16 heavy (non-hydrogen) atoms. The normalized spacial score (nSPS) is 11.9. The maximum atomic E-state index is 10.9. The Bertz CT molecular complexity index is 381. The van der Waals surface area contributed by atoms with Gasteiger partial charge in [-0.15, -0.1) is 11.8 Å². The SMILES string of the molecule is COc1ccc(S[C@H](C)C(N)=O)cc1OC. The van der Waals surface area contributed by atoms with Crippen LogP contribution in [-0.2, 0) is 4.79 Å². The standard InChI is InChI=1S/C11H15NO3S/c1-7(11(12)13)16-8-4-5-9(14-2)10(6-8)15-3/h4-7H,1-3H3,(H2,12,13)/t7-/m1/s1. The van der Waals surface area contributed by atoms with Gasteiger partial charge in [-0.2, -0.15) is 0 Å². The number of benzene rings is 1. The molecule has 0 aromatic heterocycles. The number of rotatable bonds is 5. The Kier molecular flexibility index (Phi) is 4.49. The van der Waals surface area contributed by atoms with Crippen molar-refractivity contribution in [3.8, 4) is 11.5 Å². The molecule has 1 amide bonds. The quantitative estimate of drug-likeness (QED) is 0.796. The van der Waals surface area contributed by atoms with Crippen molar-refractivity contribution in [2.45, 2.75) is 17.1 Å². The first-order valence-electron chi connectivity index (χ1n) is 4.76. The summed E-state index contributed by atoms with van der Waals surface area (Å²) in [5, 5.41) is -0.266. The molecule has 1 aromatic carbocycles. The molecular formula is C11H15NO3S. The van der Waals surface area contributed by atoms with E-state index in [0.717, 1.165) is 4.90 Å². The molecule has 2 N–H and O–H groups in total. The van der Waals surface area contributed by atoms with Crippen molar-refractivity contribution in [2.24, 2.45) is 5.73 Å². The fourth-order valence-electron chi connectivity index (χ4n) is 1.15. The zero-order valence-electron chi connectivity index (χ0n) is 9.52. The number of hydrogen-bond donors (Lipinski definition) is 1. The monoisotopic (exact) mass is 241 g/mol. The third-order valence-corrected chi connectivity index (χ3v) is 3.18. The first-order chi connectivity index (χ1) is 7.58. The highest BCUT2D eigenvalue weighted by Gasteiger charge is 2.12. The third-order valence-electron chi connectivity index (χ3n) is 2.07. The molecule has 0 aliphatic rings. The minimum absolute atomic E-state index is 0.266. The molecule has 88 valence electrons. The average Bonchev–Trinajstić information content (AvgIpc) is 2.28. The van der Waals surface area contributed by atoms with Crippen molar-refractivity contribution in [1.29, 1.82) is 0 Å². The molecule has 0 bridgehead atoms. The smallest absolute Gasteiger partial charge is 0.230 e. The van der Waals surface area contributed by atoms with E-state index in [1.807, 2.05) is 12.1 Å². The molecule has 5 heteroatoms. The van der Waals surface area contributed by atoms with Gasteiger partial charge in [0, 0.05) is 4.90 Å². The minimum Gasteiger partial charge on any atom is -0.493 e. The van der Waals surface area contributed by atoms with Crippen LogP contribution in [0.1, 0.15) is 6.92 Å². The van der Waals surface area contributed by atoms with Gasteiger partial charge in [-0.1, -0.05) is 0 Å². The van der Waals surface area contributed by atoms with E-state index in [9.17, 15) is 4.79 Å². The van der Waals surface area contributed by atoms with Gasteiger partial charge in [0.25, 0.3) is 0 Å². The molecule has 0 aliphatic carbocycles. The van der Waals surface area contributed by atoms with Gasteiger partial charge in [0.05, 0.1) is 19.5 Å². The molecule has 0 fully saturated rings. The largest absolute Gasteiger partial charge is 0.493 e. The molecule has 0 aliphatic heterocycles. The van der Waals surface area contributed by atoms with Gasteiger partial charge < -0.3 is 15.2 Å². The topological polar surface area (TPSA) is 61.5 Å². The summed E-state index contributed by atoms with van der Waals surface area (Å²) >= 11 is 1.39. The fraction of sp³-hybridized carbons (Fsp3) is 0.364. The van der Waals surface area contributed by atoms with E-state index in [0.29, 0.717) is 11.5 Å². The van der Waals surface area contributed by atoms with Crippen LogP contribution in [0.5, 0.6) is 11.5 Å². The number of thioether (sulfide) groups is 1. The molecule has 4 nitrogen and oxygen atoms in total.